The maximum atomic E-state index is 13.1. The number of halogens is 1. The Labute approximate surface area is 196 Å². The lowest BCUT2D eigenvalue weighted by atomic mass is 10.0. The van der Waals surface area contributed by atoms with Crippen molar-refractivity contribution in [1.29, 1.82) is 0 Å². The fourth-order valence-electron chi connectivity index (χ4n) is 4.00. The third kappa shape index (κ3) is 4.15. The van der Waals surface area contributed by atoms with E-state index in [1.807, 2.05) is 37.3 Å². The van der Waals surface area contributed by atoms with E-state index in [-0.39, 0.29) is 18.3 Å². The third-order valence-electron chi connectivity index (χ3n) is 5.52. The van der Waals surface area contributed by atoms with Crippen molar-refractivity contribution in [1.82, 2.24) is 0 Å². The fourth-order valence-corrected chi connectivity index (χ4v) is 4.25. The Balaban J connectivity index is 1.42. The van der Waals surface area contributed by atoms with Crippen molar-refractivity contribution in [3.05, 3.63) is 87.1 Å². The Morgan fingerprint density at radius 1 is 1.15 bits per heavy atom. The summed E-state index contributed by atoms with van der Waals surface area (Å²) in [4.78, 5) is 13.1. The summed E-state index contributed by atoms with van der Waals surface area (Å²) < 4.78 is 28.3. The predicted molar refractivity (Wildman–Crippen MR) is 123 cm³/mol. The standard InChI is InChI=1S/C26H21ClO6/c1-15-7-20(31-13-16-5-3-4-6-21(16)29-2)11-22-24(15)25(28)23(33-22)10-17-8-19(27)9-18-12-30-14-32-26(17)18/h3-11H,12-14H2,1-2H3/b23-10-. The molecular weight excluding hydrogens is 444 g/mol. The van der Waals surface area contributed by atoms with Gasteiger partial charge in [0.05, 0.1) is 19.3 Å². The second-order valence-corrected chi connectivity index (χ2v) is 8.18. The van der Waals surface area contributed by atoms with Crippen LogP contribution in [0.25, 0.3) is 6.08 Å². The van der Waals surface area contributed by atoms with E-state index in [4.69, 9.17) is 35.3 Å². The Morgan fingerprint density at radius 2 is 2.00 bits per heavy atom. The summed E-state index contributed by atoms with van der Waals surface area (Å²) in [6.07, 6.45) is 1.66. The van der Waals surface area contributed by atoms with Gasteiger partial charge in [-0.2, -0.15) is 0 Å². The van der Waals surface area contributed by atoms with E-state index >= 15 is 0 Å². The summed E-state index contributed by atoms with van der Waals surface area (Å²) in [5.74, 6) is 2.47. The quantitative estimate of drug-likeness (QED) is 0.450. The number of carbonyl (C=O) groups excluding carboxylic acids is 1. The van der Waals surface area contributed by atoms with E-state index in [0.29, 0.717) is 46.6 Å². The molecule has 0 bridgehead atoms. The van der Waals surface area contributed by atoms with Crippen molar-refractivity contribution in [3.63, 3.8) is 0 Å². The van der Waals surface area contributed by atoms with E-state index in [1.54, 1.807) is 31.4 Å². The molecule has 0 saturated heterocycles. The molecule has 2 heterocycles. The van der Waals surface area contributed by atoms with Crippen LogP contribution in [0.15, 0.2) is 54.3 Å². The lowest BCUT2D eigenvalue weighted by Gasteiger charge is -2.20. The Kier molecular flexibility index (Phi) is 5.70. The van der Waals surface area contributed by atoms with Gasteiger partial charge in [-0.1, -0.05) is 29.8 Å². The first-order valence-corrected chi connectivity index (χ1v) is 10.8. The van der Waals surface area contributed by atoms with Gasteiger partial charge in [-0.3, -0.25) is 4.79 Å². The molecule has 3 aromatic carbocycles. The van der Waals surface area contributed by atoms with Crippen LogP contribution in [0.2, 0.25) is 5.02 Å². The average molecular weight is 465 g/mol. The summed E-state index contributed by atoms with van der Waals surface area (Å²) >= 11 is 6.25. The number of fused-ring (bicyclic) bond motifs is 2. The number of methoxy groups -OCH3 is 1. The van der Waals surface area contributed by atoms with Crippen LogP contribution in [0.3, 0.4) is 0 Å². The van der Waals surface area contributed by atoms with Crippen molar-refractivity contribution in [2.75, 3.05) is 13.9 Å². The molecule has 0 radical (unpaired) electrons. The van der Waals surface area contributed by atoms with E-state index in [2.05, 4.69) is 0 Å². The summed E-state index contributed by atoms with van der Waals surface area (Å²) in [6, 6.07) is 14.8. The molecule has 3 aromatic rings. The smallest absolute Gasteiger partial charge is 0.232 e. The lowest BCUT2D eigenvalue weighted by Crippen LogP contribution is -2.12. The van der Waals surface area contributed by atoms with Gasteiger partial charge in [-0.05, 0) is 42.8 Å². The van der Waals surface area contributed by atoms with Crippen LogP contribution in [0.1, 0.15) is 32.6 Å². The zero-order valence-electron chi connectivity index (χ0n) is 18.1. The number of benzene rings is 3. The Morgan fingerprint density at radius 3 is 2.85 bits per heavy atom. The number of Topliss-reactive ketones (excluding diaryl/α,β-unsaturated/α-hetero) is 1. The molecule has 5 rings (SSSR count). The molecule has 7 heteroatoms. The zero-order chi connectivity index (χ0) is 22.9. The van der Waals surface area contributed by atoms with Crippen LogP contribution in [-0.4, -0.2) is 19.7 Å². The topological polar surface area (TPSA) is 63.2 Å². The number of rotatable bonds is 5. The number of carbonyl (C=O) groups is 1. The van der Waals surface area contributed by atoms with E-state index in [1.165, 1.54) is 0 Å². The fraction of sp³-hybridized carbons (Fsp3) is 0.192. The second kappa shape index (κ2) is 8.81. The third-order valence-corrected chi connectivity index (χ3v) is 5.74. The van der Waals surface area contributed by atoms with Gasteiger partial charge in [0.1, 0.15) is 29.6 Å². The van der Waals surface area contributed by atoms with Gasteiger partial charge in [0.2, 0.25) is 5.78 Å². The van der Waals surface area contributed by atoms with Gasteiger partial charge in [0.15, 0.2) is 12.6 Å². The lowest BCUT2D eigenvalue weighted by molar-refractivity contribution is -0.0165. The SMILES string of the molecule is COc1ccccc1COc1cc(C)c2c(c1)O/C(=C\c1cc(Cl)cc3c1OCOC3)C2=O. The van der Waals surface area contributed by atoms with Crippen molar-refractivity contribution in [2.45, 2.75) is 20.1 Å². The zero-order valence-corrected chi connectivity index (χ0v) is 18.9. The van der Waals surface area contributed by atoms with Gasteiger partial charge in [0.25, 0.3) is 0 Å². The van der Waals surface area contributed by atoms with E-state index < -0.39 is 0 Å². The highest BCUT2D eigenvalue weighted by Gasteiger charge is 2.31. The molecule has 6 nitrogen and oxygen atoms in total. The highest BCUT2D eigenvalue weighted by atomic mass is 35.5. The molecule has 2 aliphatic heterocycles. The van der Waals surface area contributed by atoms with Crippen LogP contribution < -0.4 is 18.9 Å². The van der Waals surface area contributed by atoms with Crippen molar-refractivity contribution in [3.8, 4) is 23.0 Å². The summed E-state index contributed by atoms with van der Waals surface area (Å²) in [5, 5.41) is 0.529. The van der Waals surface area contributed by atoms with Crippen molar-refractivity contribution < 1.29 is 28.5 Å². The molecule has 33 heavy (non-hydrogen) atoms. The molecule has 0 aliphatic carbocycles. The largest absolute Gasteiger partial charge is 0.496 e. The number of allylic oxidation sites excluding steroid dienone is 1. The maximum Gasteiger partial charge on any atom is 0.232 e. The predicted octanol–water partition coefficient (Wildman–Crippen LogP) is 5.72. The minimum absolute atomic E-state index is 0.145. The van der Waals surface area contributed by atoms with Crippen LogP contribution in [0.4, 0.5) is 0 Å². The number of hydrogen-bond acceptors (Lipinski definition) is 6. The summed E-state index contributed by atoms with van der Waals surface area (Å²) in [5.41, 5.74) is 3.71. The van der Waals surface area contributed by atoms with Gasteiger partial charge in [-0.15, -0.1) is 0 Å². The molecule has 0 fully saturated rings. The van der Waals surface area contributed by atoms with Gasteiger partial charge in [-0.25, -0.2) is 0 Å². The summed E-state index contributed by atoms with van der Waals surface area (Å²) in [6.45, 7) is 2.73. The number of aryl methyl sites for hydroxylation is 1. The van der Waals surface area contributed by atoms with Gasteiger partial charge < -0.3 is 23.7 Å². The maximum absolute atomic E-state index is 13.1. The van der Waals surface area contributed by atoms with E-state index in [9.17, 15) is 4.79 Å². The van der Waals surface area contributed by atoms with Gasteiger partial charge in [0, 0.05) is 27.8 Å². The molecular formula is C26H21ClO6. The number of para-hydroxylation sites is 1. The molecule has 0 amide bonds. The van der Waals surface area contributed by atoms with Crippen LogP contribution >= 0.6 is 11.6 Å². The first kappa shape index (κ1) is 21.4. The second-order valence-electron chi connectivity index (χ2n) is 7.75. The molecule has 2 aliphatic rings. The Bertz CT molecular complexity index is 1280. The minimum Gasteiger partial charge on any atom is -0.496 e. The Hall–Kier alpha value is -3.48. The van der Waals surface area contributed by atoms with Crippen LogP contribution in [-0.2, 0) is 18.0 Å². The number of ketones is 1. The first-order chi connectivity index (χ1) is 16.0. The van der Waals surface area contributed by atoms with Crippen LogP contribution in [0, 0.1) is 6.92 Å². The molecule has 0 saturated carbocycles. The highest BCUT2D eigenvalue weighted by molar-refractivity contribution is 6.31. The number of ether oxygens (including phenoxy) is 5. The first-order valence-electron chi connectivity index (χ1n) is 10.4. The number of hydrogen-bond donors (Lipinski definition) is 0. The van der Waals surface area contributed by atoms with E-state index in [0.717, 1.165) is 22.4 Å². The molecule has 0 unspecified atom stereocenters. The van der Waals surface area contributed by atoms with Crippen molar-refractivity contribution in [2.24, 2.45) is 0 Å². The molecule has 168 valence electrons. The van der Waals surface area contributed by atoms with Crippen molar-refractivity contribution >= 4 is 23.5 Å². The molecule has 0 aromatic heterocycles. The molecule has 0 atom stereocenters. The average Bonchev–Trinajstić information content (AvgIpc) is 3.13. The molecule has 0 spiro atoms. The highest BCUT2D eigenvalue weighted by Crippen LogP contribution is 2.40. The summed E-state index contributed by atoms with van der Waals surface area (Å²) in [7, 11) is 1.63. The minimum atomic E-state index is -0.195. The monoisotopic (exact) mass is 464 g/mol. The van der Waals surface area contributed by atoms with Gasteiger partial charge >= 0.3 is 0 Å². The van der Waals surface area contributed by atoms with Crippen LogP contribution in [0.5, 0.6) is 23.0 Å². The molecule has 0 N–H and O–H groups in total. The normalized spacial score (nSPS) is 15.5.